The van der Waals surface area contributed by atoms with E-state index in [0.29, 0.717) is 5.92 Å². The van der Waals surface area contributed by atoms with Crippen LogP contribution in [0.3, 0.4) is 0 Å². The van der Waals surface area contributed by atoms with Gasteiger partial charge in [0.05, 0.1) is 10.6 Å². The number of ether oxygens (including phenoxy) is 1. The third-order valence-electron chi connectivity index (χ3n) is 5.14. The zero-order chi connectivity index (χ0) is 20.1. The first-order valence-corrected chi connectivity index (χ1v) is 11.0. The first-order chi connectivity index (χ1) is 13.4. The summed E-state index contributed by atoms with van der Waals surface area (Å²) in [4.78, 5) is 11.1. The van der Waals surface area contributed by atoms with Gasteiger partial charge < -0.3 is 14.9 Å². The van der Waals surface area contributed by atoms with E-state index < -0.39 is 21.6 Å². The normalized spacial score (nSPS) is 15.3. The highest BCUT2D eigenvalue weighted by Gasteiger charge is 2.18. The number of aromatic hydroxyl groups is 1. The standard InChI is InChI=1S/C21H24O6S/c22-20-14-17(8-11-19(20)21(23)24)27-12-13-28(25,26)18-9-6-16(7-10-18)15-4-2-1-3-5-15/h6-11,14-15,22H,1-5,12-13H2,(H,23,24). The summed E-state index contributed by atoms with van der Waals surface area (Å²) in [6.45, 7) is -0.0986. The van der Waals surface area contributed by atoms with Gasteiger partial charge in [-0.25, -0.2) is 13.2 Å². The predicted molar refractivity (Wildman–Crippen MR) is 105 cm³/mol. The van der Waals surface area contributed by atoms with E-state index in [1.807, 2.05) is 12.1 Å². The first kappa shape index (κ1) is 20.2. The molecule has 0 spiro atoms. The van der Waals surface area contributed by atoms with Gasteiger partial charge in [-0.15, -0.1) is 0 Å². The Morgan fingerprint density at radius 3 is 2.32 bits per heavy atom. The zero-order valence-corrected chi connectivity index (χ0v) is 16.3. The lowest BCUT2D eigenvalue weighted by Gasteiger charge is -2.22. The lowest BCUT2D eigenvalue weighted by atomic mass is 9.84. The third-order valence-corrected chi connectivity index (χ3v) is 6.83. The average molecular weight is 404 g/mol. The molecule has 0 radical (unpaired) electrons. The number of sulfone groups is 1. The smallest absolute Gasteiger partial charge is 0.339 e. The van der Waals surface area contributed by atoms with Gasteiger partial charge in [0.15, 0.2) is 9.84 Å². The van der Waals surface area contributed by atoms with Crippen molar-refractivity contribution in [2.45, 2.75) is 42.9 Å². The van der Waals surface area contributed by atoms with Crippen LogP contribution in [0.4, 0.5) is 0 Å². The molecule has 7 heteroatoms. The fourth-order valence-corrected chi connectivity index (χ4v) is 4.64. The van der Waals surface area contributed by atoms with E-state index in [-0.39, 0.29) is 28.6 Å². The monoisotopic (exact) mass is 404 g/mol. The maximum atomic E-state index is 12.5. The summed E-state index contributed by atoms with van der Waals surface area (Å²) >= 11 is 0. The molecule has 0 amide bonds. The number of benzene rings is 2. The molecule has 0 heterocycles. The highest BCUT2D eigenvalue weighted by molar-refractivity contribution is 7.91. The Morgan fingerprint density at radius 1 is 1.04 bits per heavy atom. The summed E-state index contributed by atoms with van der Waals surface area (Å²) in [5.74, 6) is -1.15. The Kier molecular flexibility index (Phi) is 6.24. The van der Waals surface area contributed by atoms with E-state index in [0.717, 1.165) is 18.9 Å². The van der Waals surface area contributed by atoms with E-state index in [1.54, 1.807) is 12.1 Å². The summed E-state index contributed by atoms with van der Waals surface area (Å²) < 4.78 is 30.4. The molecular formula is C21H24O6S. The summed E-state index contributed by atoms with van der Waals surface area (Å²) in [6.07, 6.45) is 6.05. The van der Waals surface area contributed by atoms with Gasteiger partial charge in [0, 0.05) is 6.07 Å². The fraction of sp³-hybridized carbons (Fsp3) is 0.381. The molecule has 2 aromatic carbocycles. The highest BCUT2D eigenvalue weighted by atomic mass is 32.2. The van der Waals surface area contributed by atoms with E-state index in [2.05, 4.69) is 0 Å². The minimum Gasteiger partial charge on any atom is -0.507 e. The Morgan fingerprint density at radius 2 is 1.71 bits per heavy atom. The summed E-state index contributed by atoms with van der Waals surface area (Å²) in [6, 6.07) is 10.9. The van der Waals surface area contributed by atoms with Crippen LogP contribution in [0, 0.1) is 0 Å². The van der Waals surface area contributed by atoms with Gasteiger partial charge in [-0.1, -0.05) is 31.4 Å². The molecule has 150 valence electrons. The van der Waals surface area contributed by atoms with E-state index in [4.69, 9.17) is 9.84 Å². The molecule has 0 aliphatic heterocycles. The number of carbonyl (C=O) groups is 1. The maximum Gasteiger partial charge on any atom is 0.339 e. The van der Waals surface area contributed by atoms with Gasteiger partial charge in [0.25, 0.3) is 0 Å². The number of aromatic carboxylic acids is 1. The summed E-state index contributed by atoms with van der Waals surface area (Å²) in [5.41, 5.74) is 0.960. The number of carboxylic acids is 1. The second-order valence-electron chi connectivity index (χ2n) is 7.06. The molecule has 0 bridgehead atoms. The Hall–Kier alpha value is -2.54. The van der Waals surface area contributed by atoms with Crippen LogP contribution < -0.4 is 4.74 Å². The molecular weight excluding hydrogens is 380 g/mol. The van der Waals surface area contributed by atoms with Gasteiger partial charge in [-0.05, 0) is 48.6 Å². The summed E-state index contributed by atoms with van der Waals surface area (Å²) in [7, 11) is -3.49. The second kappa shape index (κ2) is 8.65. The molecule has 28 heavy (non-hydrogen) atoms. The SMILES string of the molecule is O=C(O)c1ccc(OCCS(=O)(=O)c2ccc(C3CCCCC3)cc2)cc1O. The minimum absolute atomic E-state index is 0.0986. The van der Waals surface area contributed by atoms with E-state index >= 15 is 0 Å². The van der Waals surface area contributed by atoms with Crippen molar-refractivity contribution >= 4 is 15.8 Å². The van der Waals surface area contributed by atoms with Gasteiger partial charge in [-0.2, -0.15) is 0 Å². The Labute approximate surface area is 164 Å². The molecule has 0 aromatic heterocycles. The zero-order valence-electron chi connectivity index (χ0n) is 15.5. The molecule has 1 saturated carbocycles. The van der Waals surface area contributed by atoms with E-state index in [1.165, 1.54) is 37.0 Å². The lowest BCUT2D eigenvalue weighted by Crippen LogP contribution is -2.14. The molecule has 0 saturated heterocycles. The van der Waals surface area contributed by atoms with Crippen molar-refractivity contribution in [3.05, 3.63) is 53.6 Å². The molecule has 6 nitrogen and oxygen atoms in total. The summed E-state index contributed by atoms with van der Waals surface area (Å²) in [5, 5.41) is 18.5. The largest absolute Gasteiger partial charge is 0.507 e. The topological polar surface area (TPSA) is 101 Å². The molecule has 3 rings (SSSR count). The van der Waals surface area contributed by atoms with Gasteiger partial charge >= 0.3 is 5.97 Å². The predicted octanol–water partition coefficient (Wildman–Crippen LogP) is 3.99. The lowest BCUT2D eigenvalue weighted by molar-refractivity contribution is 0.0693. The molecule has 0 unspecified atom stereocenters. The van der Waals surface area contributed by atoms with Crippen LogP contribution in [0.1, 0.15) is 53.9 Å². The number of rotatable bonds is 7. The van der Waals surface area contributed by atoms with Crippen LogP contribution in [0.5, 0.6) is 11.5 Å². The van der Waals surface area contributed by atoms with E-state index in [9.17, 15) is 18.3 Å². The van der Waals surface area contributed by atoms with Gasteiger partial charge in [-0.3, -0.25) is 0 Å². The number of carboxylic acid groups (broad SMARTS) is 1. The number of hydrogen-bond acceptors (Lipinski definition) is 5. The molecule has 1 fully saturated rings. The fourth-order valence-electron chi connectivity index (χ4n) is 3.55. The molecule has 2 aromatic rings. The quantitative estimate of drug-likeness (QED) is 0.724. The molecule has 2 N–H and O–H groups in total. The number of phenols is 1. The third kappa shape index (κ3) is 4.84. The Bertz CT molecular complexity index is 928. The van der Waals surface area contributed by atoms with Crippen molar-refractivity contribution in [1.82, 2.24) is 0 Å². The van der Waals surface area contributed by atoms with Crippen molar-refractivity contribution in [3.63, 3.8) is 0 Å². The highest BCUT2D eigenvalue weighted by Crippen LogP contribution is 2.33. The van der Waals surface area contributed by atoms with Crippen LogP contribution in [0.2, 0.25) is 0 Å². The average Bonchev–Trinajstić information content (AvgIpc) is 2.68. The van der Waals surface area contributed by atoms with Crippen LogP contribution >= 0.6 is 0 Å². The van der Waals surface area contributed by atoms with Crippen LogP contribution in [-0.2, 0) is 9.84 Å². The molecule has 1 aliphatic carbocycles. The minimum atomic E-state index is -3.49. The van der Waals surface area contributed by atoms with Crippen molar-refractivity contribution in [1.29, 1.82) is 0 Å². The van der Waals surface area contributed by atoms with Crippen LogP contribution in [0.25, 0.3) is 0 Å². The van der Waals surface area contributed by atoms with Crippen molar-refractivity contribution in [3.8, 4) is 11.5 Å². The van der Waals surface area contributed by atoms with Crippen molar-refractivity contribution in [2.75, 3.05) is 12.4 Å². The molecule has 1 aliphatic rings. The van der Waals surface area contributed by atoms with Crippen LogP contribution in [-0.4, -0.2) is 37.0 Å². The maximum absolute atomic E-state index is 12.5. The van der Waals surface area contributed by atoms with Gasteiger partial charge in [0.1, 0.15) is 23.7 Å². The second-order valence-corrected chi connectivity index (χ2v) is 9.16. The van der Waals surface area contributed by atoms with Gasteiger partial charge in [0.2, 0.25) is 0 Å². The van der Waals surface area contributed by atoms with Crippen molar-refractivity contribution < 1.29 is 28.2 Å². The molecule has 0 atom stereocenters. The van der Waals surface area contributed by atoms with Crippen molar-refractivity contribution in [2.24, 2.45) is 0 Å². The number of hydrogen-bond donors (Lipinski definition) is 2. The Balaban J connectivity index is 1.59. The first-order valence-electron chi connectivity index (χ1n) is 9.38. The van der Waals surface area contributed by atoms with Crippen LogP contribution in [0.15, 0.2) is 47.4 Å².